The van der Waals surface area contributed by atoms with Crippen molar-refractivity contribution >= 4 is 29.5 Å². The average molecular weight is 504 g/mol. The number of hydrogen-bond acceptors (Lipinski definition) is 7. The Bertz CT molecular complexity index is 1200. The van der Waals surface area contributed by atoms with Crippen molar-refractivity contribution in [2.24, 2.45) is 11.5 Å². The lowest BCUT2D eigenvalue weighted by Crippen LogP contribution is -2.41. The Hall–Kier alpha value is -3.90. The second-order valence-corrected chi connectivity index (χ2v) is 9.87. The molecule has 0 unspecified atom stereocenters. The minimum atomic E-state index is -0.646. The van der Waals surface area contributed by atoms with E-state index in [1.807, 2.05) is 20.8 Å². The molecule has 0 aromatic carbocycles. The highest BCUT2D eigenvalue weighted by atomic mass is 16.6. The Morgan fingerprint density at radius 1 is 1.14 bits per heavy atom. The Morgan fingerprint density at radius 3 is 2.33 bits per heavy atom. The van der Waals surface area contributed by atoms with E-state index < -0.39 is 17.4 Å². The van der Waals surface area contributed by atoms with Crippen LogP contribution in [0.5, 0.6) is 0 Å². The molecule has 2 saturated heterocycles. The number of fused-ring (bicyclic) bond motifs is 1. The van der Waals surface area contributed by atoms with Crippen LogP contribution in [-0.2, 0) is 14.3 Å². The highest BCUT2D eigenvalue weighted by molar-refractivity contribution is 5.98. The van der Waals surface area contributed by atoms with Crippen LogP contribution in [-0.4, -0.2) is 80.0 Å². The zero-order valence-corrected chi connectivity index (χ0v) is 20.8. The van der Waals surface area contributed by atoms with Crippen LogP contribution in [0.1, 0.15) is 68.4 Å². The van der Waals surface area contributed by atoms with E-state index in [0.717, 1.165) is 6.42 Å². The summed E-state index contributed by atoms with van der Waals surface area (Å²) in [4.78, 5) is 62.6. The highest BCUT2D eigenvalue weighted by Gasteiger charge is 2.29. The fourth-order valence-corrected chi connectivity index (χ4v) is 4.23. The van der Waals surface area contributed by atoms with Gasteiger partial charge in [-0.2, -0.15) is 5.10 Å². The molecule has 36 heavy (non-hydrogen) atoms. The van der Waals surface area contributed by atoms with E-state index in [2.05, 4.69) is 10.1 Å². The summed E-state index contributed by atoms with van der Waals surface area (Å²) < 4.78 is 6.95. The van der Waals surface area contributed by atoms with E-state index in [1.54, 1.807) is 9.42 Å². The summed E-state index contributed by atoms with van der Waals surface area (Å²) in [5.74, 6) is -0.999. The van der Waals surface area contributed by atoms with Gasteiger partial charge >= 0.3 is 6.09 Å². The van der Waals surface area contributed by atoms with E-state index >= 15 is 0 Å². The minimum absolute atomic E-state index is 0.0406. The lowest BCUT2D eigenvalue weighted by Gasteiger charge is -2.33. The van der Waals surface area contributed by atoms with Crippen LogP contribution >= 0.6 is 0 Å². The average Bonchev–Trinajstić information content (AvgIpc) is 3.38. The number of ether oxygens (including phenoxy) is 1. The van der Waals surface area contributed by atoms with Gasteiger partial charge in [0.1, 0.15) is 16.8 Å². The number of rotatable bonds is 4. The molecule has 0 bridgehead atoms. The van der Waals surface area contributed by atoms with Crippen LogP contribution in [0.25, 0.3) is 5.65 Å². The second-order valence-electron chi connectivity index (χ2n) is 9.87. The number of H-pyrrole nitrogens is 1. The van der Waals surface area contributed by atoms with Gasteiger partial charge in [-0.25, -0.2) is 9.31 Å². The number of nitrogens with zero attached hydrogens (tertiary/aromatic N) is 4. The third-order valence-corrected chi connectivity index (χ3v) is 5.88. The quantitative estimate of drug-likeness (QED) is 0.536. The number of carbonyl (C=O) groups is 4. The van der Waals surface area contributed by atoms with Gasteiger partial charge in [-0.05, 0) is 40.0 Å². The fraction of sp³-hybridized carbons (Fsp3) is 0.565. The van der Waals surface area contributed by atoms with Gasteiger partial charge in [-0.1, -0.05) is 0 Å². The van der Waals surface area contributed by atoms with Crippen molar-refractivity contribution in [3.05, 3.63) is 33.9 Å². The number of nitrogens with one attached hydrogen (secondary N) is 1. The summed E-state index contributed by atoms with van der Waals surface area (Å²) in [7, 11) is 0. The van der Waals surface area contributed by atoms with Gasteiger partial charge in [-0.3, -0.25) is 19.2 Å². The SMILES string of the molecule is CC(C)(C)OC(=O)N1CCC(c2cc(=O)[nH]c3c(C(N)=O)cnn23)CC1.NC(=O)CN1CCCC1=O. The highest BCUT2D eigenvalue weighted by Crippen LogP contribution is 2.28. The Labute approximate surface area is 207 Å². The third kappa shape index (κ3) is 6.61. The van der Waals surface area contributed by atoms with Gasteiger partial charge in [0, 0.05) is 38.0 Å². The van der Waals surface area contributed by atoms with Crippen molar-refractivity contribution in [1.82, 2.24) is 24.4 Å². The summed E-state index contributed by atoms with van der Waals surface area (Å²) in [6, 6.07) is 1.48. The number of likely N-dealkylation sites (tertiary alicyclic amines) is 2. The summed E-state index contributed by atoms with van der Waals surface area (Å²) in [6.45, 7) is 7.31. The first-order valence-electron chi connectivity index (χ1n) is 11.8. The molecule has 0 atom stereocenters. The largest absolute Gasteiger partial charge is 0.444 e. The molecule has 5 N–H and O–H groups in total. The van der Waals surface area contributed by atoms with Crippen molar-refractivity contribution in [3.8, 4) is 0 Å². The van der Waals surface area contributed by atoms with E-state index in [-0.39, 0.29) is 35.6 Å². The van der Waals surface area contributed by atoms with Crippen LogP contribution in [0.4, 0.5) is 4.79 Å². The molecule has 2 aliphatic rings. The van der Waals surface area contributed by atoms with Crippen molar-refractivity contribution in [2.45, 2.75) is 58.0 Å². The van der Waals surface area contributed by atoms with Crippen molar-refractivity contribution in [1.29, 1.82) is 0 Å². The van der Waals surface area contributed by atoms with Crippen molar-refractivity contribution in [2.75, 3.05) is 26.2 Å². The maximum Gasteiger partial charge on any atom is 0.410 e. The van der Waals surface area contributed by atoms with Crippen LogP contribution < -0.4 is 17.0 Å². The zero-order chi connectivity index (χ0) is 26.6. The molecular weight excluding hydrogens is 470 g/mol. The molecule has 2 aromatic rings. The first-order chi connectivity index (χ1) is 16.9. The van der Waals surface area contributed by atoms with E-state index in [9.17, 15) is 24.0 Å². The fourth-order valence-electron chi connectivity index (χ4n) is 4.23. The topological polar surface area (TPSA) is 186 Å². The lowest BCUT2D eigenvalue weighted by atomic mass is 9.93. The predicted molar refractivity (Wildman–Crippen MR) is 129 cm³/mol. The smallest absolute Gasteiger partial charge is 0.410 e. The number of aromatic nitrogens is 3. The molecular formula is C23H33N7O6. The summed E-state index contributed by atoms with van der Waals surface area (Å²) >= 11 is 0. The molecule has 0 aliphatic carbocycles. The van der Waals surface area contributed by atoms with E-state index in [0.29, 0.717) is 50.2 Å². The Balaban J connectivity index is 0.000000303. The monoisotopic (exact) mass is 503 g/mol. The van der Waals surface area contributed by atoms with Gasteiger partial charge in [-0.15, -0.1) is 0 Å². The van der Waals surface area contributed by atoms with Crippen LogP contribution in [0.3, 0.4) is 0 Å². The number of primary amides is 2. The van der Waals surface area contributed by atoms with Crippen molar-refractivity contribution < 1.29 is 23.9 Å². The second kappa shape index (κ2) is 10.8. The number of aromatic amines is 1. The van der Waals surface area contributed by atoms with E-state index in [1.165, 1.54) is 17.2 Å². The molecule has 2 aromatic heterocycles. The molecule has 2 aliphatic heterocycles. The van der Waals surface area contributed by atoms with Crippen molar-refractivity contribution in [3.63, 3.8) is 0 Å². The van der Waals surface area contributed by atoms with Gasteiger partial charge in [0.25, 0.3) is 11.5 Å². The Kier molecular flexibility index (Phi) is 8.00. The number of hydrogen-bond donors (Lipinski definition) is 3. The number of piperidine rings is 1. The molecule has 0 spiro atoms. The Morgan fingerprint density at radius 2 is 1.81 bits per heavy atom. The first kappa shape index (κ1) is 26.7. The van der Waals surface area contributed by atoms with Crippen LogP contribution in [0, 0.1) is 0 Å². The molecule has 13 nitrogen and oxygen atoms in total. The maximum absolute atomic E-state index is 12.2. The summed E-state index contributed by atoms with van der Waals surface area (Å²) in [6.07, 6.45) is 3.78. The summed E-state index contributed by atoms with van der Waals surface area (Å²) in [5, 5.41) is 4.20. The van der Waals surface area contributed by atoms with Crippen LogP contribution in [0.15, 0.2) is 17.1 Å². The molecule has 2 fully saturated rings. The normalized spacial score (nSPS) is 16.6. The molecule has 4 amide bonds. The van der Waals surface area contributed by atoms with Crippen LogP contribution in [0.2, 0.25) is 0 Å². The van der Waals surface area contributed by atoms with E-state index in [4.69, 9.17) is 16.2 Å². The lowest BCUT2D eigenvalue weighted by molar-refractivity contribution is -0.132. The predicted octanol–water partition coefficient (Wildman–Crippen LogP) is 0.330. The van der Waals surface area contributed by atoms with Gasteiger partial charge in [0.2, 0.25) is 11.8 Å². The molecule has 0 radical (unpaired) electrons. The minimum Gasteiger partial charge on any atom is -0.444 e. The molecule has 196 valence electrons. The zero-order valence-electron chi connectivity index (χ0n) is 20.8. The molecule has 0 saturated carbocycles. The number of nitrogens with two attached hydrogens (primary N) is 2. The van der Waals surface area contributed by atoms with Gasteiger partial charge in [0.05, 0.1) is 18.4 Å². The first-order valence-corrected chi connectivity index (χ1v) is 11.8. The molecule has 4 rings (SSSR count). The molecule has 4 heterocycles. The number of amides is 4. The number of carbonyl (C=O) groups excluding carboxylic acids is 4. The maximum atomic E-state index is 12.2. The summed E-state index contributed by atoms with van der Waals surface area (Å²) in [5.41, 5.74) is 10.6. The standard InChI is InChI=1S/C17H23N5O4.C6H10N2O2/c1-17(2,3)26-16(25)21-6-4-10(5-7-21)12-8-13(23)20-15-11(14(18)24)9-19-22(12)15;7-5(9)4-8-3-1-2-6(8)10/h8-10H,4-7H2,1-3H3,(H2,18,24)(H,20,23);1-4H2,(H2,7,9). The van der Waals surface area contributed by atoms with Gasteiger partial charge < -0.3 is 31.0 Å². The molecule has 13 heteroatoms. The van der Waals surface area contributed by atoms with Gasteiger partial charge in [0.15, 0.2) is 0 Å². The third-order valence-electron chi connectivity index (χ3n) is 5.88.